The van der Waals surface area contributed by atoms with Gasteiger partial charge in [-0.25, -0.2) is 0 Å². The third-order valence-corrected chi connectivity index (χ3v) is 3.87. The molecule has 0 spiro atoms. The van der Waals surface area contributed by atoms with E-state index in [0.717, 1.165) is 12.8 Å². The summed E-state index contributed by atoms with van der Waals surface area (Å²) in [5.74, 6) is 0.572. The van der Waals surface area contributed by atoms with Gasteiger partial charge in [0.15, 0.2) is 0 Å². The second kappa shape index (κ2) is 8.54. The van der Waals surface area contributed by atoms with E-state index in [1.807, 2.05) is 13.8 Å². The first-order chi connectivity index (χ1) is 9.04. The Morgan fingerprint density at radius 3 is 2.42 bits per heavy atom. The highest BCUT2D eigenvalue weighted by Gasteiger charge is 2.23. The maximum absolute atomic E-state index is 12.1. The number of rotatable bonds is 8. The van der Waals surface area contributed by atoms with Crippen LogP contribution in [0.3, 0.4) is 0 Å². The second-order valence-corrected chi connectivity index (χ2v) is 5.89. The molecule has 1 aliphatic carbocycles. The Morgan fingerprint density at radius 2 is 1.89 bits per heavy atom. The van der Waals surface area contributed by atoms with Gasteiger partial charge >= 0.3 is 0 Å². The maximum Gasteiger partial charge on any atom is 0.237 e. The Balaban J connectivity index is 2.36. The van der Waals surface area contributed by atoms with Crippen LogP contribution in [0.2, 0.25) is 0 Å². The summed E-state index contributed by atoms with van der Waals surface area (Å²) in [6.45, 7) is 9.61. The predicted molar refractivity (Wildman–Crippen MR) is 78.1 cm³/mol. The number of hydrogen-bond donors (Lipinski definition) is 2. The molecule has 1 rings (SSSR count). The standard InChI is InChI=1S/C15H30N2O2/c1-5-19-10-14(11(2)3)16-12(4)15(18)17-13-8-6-7-9-13/h11-14,16H,5-10H2,1-4H3,(H,17,18). The van der Waals surface area contributed by atoms with Gasteiger partial charge in [0.1, 0.15) is 0 Å². The summed E-state index contributed by atoms with van der Waals surface area (Å²) in [7, 11) is 0. The Hall–Kier alpha value is -0.610. The van der Waals surface area contributed by atoms with Gasteiger partial charge in [0.05, 0.1) is 12.6 Å². The molecular formula is C15H30N2O2. The van der Waals surface area contributed by atoms with Crippen LogP contribution in [0, 0.1) is 5.92 Å². The van der Waals surface area contributed by atoms with Crippen molar-refractivity contribution in [1.29, 1.82) is 0 Å². The van der Waals surface area contributed by atoms with Crippen LogP contribution in [0.1, 0.15) is 53.4 Å². The fourth-order valence-corrected chi connectivity index (χ4v) is 2.47. The van der Waals surface area contributed by atoms with Crippen LogP contribution in [0.15, 0.2) is 0 Å². The third-order valence-electron chi connectivity index (χ3n) is 3.87. The van der Waals surface area contributed by atoms with Gasteiger partial charge in [0.25, 0.3) is 0 Å². The molecule has 0 saturated heterocycles. The van der Waals surface area contributed by atoms with E-state index in [-0.39, 0.29) is 18.0 Å². The fraction of sp³-hybridized carbons (Fsp3) is 0.933. The molecule has 0 aromatic carbocycles. The molecule has 2 unspecified atom stereocenters. The number of ether oxygens (including phenoxy) is 1. The first kappa shape index (κ1) is 16.4. The van der Waals surface area contributed by atoms with E-state index in [4.69, 9.17) is 4.74 Å². The first-order valence-corrected chi connectivity index (χ1v) is 7.68. The van der Waals surface area contributed by atoms with E-state index in [9.17, 15) is 4.79 Å². The molecule has 4 nitrogen and oxygen atoms in total. The van der Waals surface area contributed by atoms with E-state index >= 15 is 0 Å². The van der Waals surface area contributed by atoms with E-state index in [1.165, 1.54) is 12.8 Å². The molecule has 1 aliphatic rings. The molecule has 2 N–H and O–H groups in total. The minimum Gasteiger partial charge on any atom is -0.380 e. The van der Waals surface area contributed by atoms with Crippen molar-refractivity contribution in [2.45, 2.75) is 71.5 Å². The third kappa shape index (κ3) is 5.91. The van der Waals surface area contributed by atoms with Gasteiger partial charge < -0.3 is 15.4 Å². The van der Waals surface area contributed by atoms with Gasteiger partial charge in [-0.15, -0.1) is 0 Å². The highest BCUT2D eigenvalue weighted by Crippen LogP contribution is 2.17. The zero-order chi connectivity index (χ0) is 14.3. The molecule has 0 aliphatic heterocycles. The van der Waals surface area contributed by atoms with Crippen molar-refractivity contribution in [1.82, 2.24) is 10.6 Å². The molecule has 112 valence electrons. The lowest BCUT2D eigenvalue weighted by Gasteiger charge is -2.26. The van der Waals surface area contributed by atoms with Gasteiger partial charge in [-0.3, -0.25) is 4.79 Å². The summed E-state index contributed by atoms with van der Waals surface area (Å²) in [5.41, 5.74) is 0. The lowest BCUT2D eigenvalue weighted by atomic mass is 10.0. The van der Waals surface area contributed by atoms with Gasteiger partial charge in [-0.2, -0.15) is 0 Å². The molecule has 4 heteroatoms. The van der Waals surface area contributed by atoms with Crippen molar-refractivity contribution >= 4 is 5.91 Å². The van der Waals surface area contributed by atoms with Crippen LogP contribution in [-0.2, 0) is 9.53 Å². The molecule has 19 heavy (non-hydrogen) atoms. The van der Waals surface area contributed by atoms with Crippen LogP contribution in [-0.4, -0.2) is 37.2 Å². The molecule has 0 heterocycles. The second-order valence-electron chi connectivity index (χ2n) is 5.89. The van der Waals surface area contributed by atoms with Crippen LogP contribution >= 0.6 is 0 Å². The minimum absolute atomic E-state index is 0.119. The number of carbonyl (C=O) groups excluding carboxylic acids is 1. The minimum atomic E-state index is -0.159. The number of amides is 1. The number of hydrogen-bond acceptors (Lipinski definition) is 3. The zero-order valence-electron chi connectivity index (χ0n) is 12.9. The topological polar surface area (TPSA) is 50.4 Å². The van der Waals surface area contributed by atoms with Crippen molar-refractivity contribution in [3.63, 3.8) is 0 Å². The number of nitrogens with one attached hydrogen (secondary N) is 2. The largest absolute Gasteiger partial charge is 0.380 e. The molecule has 1 amide bonds. The van der Waals surface area contributed by atoms with Gasteiger partial charge in [0.2, 0.25) is 5.91 Å². The monoisotopic (exact) mass is 270 g/mol. The highest BCUT2D eigenvalue weighted by molar-refractivity contribution is 5.81. The molecule has 0 radical (unpaired) electrons. The van der Waals surface area contributed by atoms with Crippen LogP contribution in [0.4, 0.5) is 0 Å². The van der Waals surface area contributed by atoms with Gasteiger partial charge in [-0.05, 0) is 32.6 Å². The quantitative estimate of drug-likeness (QED) is 0.710. The molecule has 0 aromatic rings. The fourth-order valence-electron chi connectivity index (χ4n) is 2.47. The summed E-state index contributed by atoms with van der Waals surface area (Å²) >= 11 is 0. The SMILES string of the molecule is CCOCC(NC(C)C(=O)NC1CCCC1)C(C)C. The van der Waals surface area contributed by atoms with Gasteiger partial charge in [0, 0.05) is 18.7 Å². The smallest absolute Gasteiger partial charge is 0.237 e. The van der Waals surface area contributed by atoms with E-state index < -0.39 is 0 Å². The van der Waals surface area contributed by atoms with E-state index in [1.54, 1.807) is 0 Å². The molecular weight excluding hydrogens is 240 g/mol. The molecule has 1 saturated carbocycles. The van der Waals surface area contributed by atoms with Crippen molar-refractivity contribution < 1.29 is 9.53 Å². The Kier molecular flexibility index (Phi) is 7.39. The van der Waals surface area contributed by atoms with Crippen molar-refractivity contribution in [3.8, 4) is 0 Å². The molecule has 0 bridgehead atoms. The lowest BCUT2D eigenvalue weighted by molar-refractivity contribution is -0.123. The van der Waals surface area contributed by atoms with E-state index in [2.05, 4.69) is 24.5 Å². The molecule has 1 fully saturated rings. The van der Waals surface area contributed by atoms with Crippen molar-refractivity contribution in [3.05, 3.63) is 0 Å². The molecule has 0 aromatic heterocycles. The summed E-state index contributed by atoms with van der Waals surface area (Å²) in [6.07, 6.45) is 4.74. The summed E-state index contributed by atoms with van der Waals surface area (Å²) in [5, 5.41) is 6.52. The Bertz CT molecular complexity index is 263. The van der Waals surface area contributed by atoms with Crippen molar-refractivity contribution in [2.24, 2.45) is 5.92 Å². The maximum atomic E-state index is 12.1. The van der Waals surface area contributed by atoms with Crippen molar-refractivity contribution in [2.75, 3.05) is 13.2 Å². The summed E-state index contributed by atoms with van der Waals surface area (Å²) in [4.78, 5) is 12.1. The van der Waals surface area contributed by atoms with Crippen LogP contribution in [0.25, 0.3) is 0 Å². The Morgan fingerprint density at radius 1 is 1.26 bits per heavy atom. The van der Waals surface area contributed by atoms with Crippen LogP contribution in [0.5, 0.6) is 0 Å². The number of carbonyl (C=O) groups is 1. The highest BCUT2D eigenvalue weighted by atomic mass is 16.5. The predicted octanol–water partition coefficient (Wildman–Crippen LogP) is 2.08. The average Bonchev–Trinajstić information content (AvgIpc) is 2.86. The zero-order valence-corrected chi connectivity index (χ0v) is 12.9. The average molecular weight is 270 g/mol. The first-order valence-electron chi connectivity index (χ1n) is 7.68. The lowest BCUT2D eigenvalue weighted by Crippen LogP contribution is -2.51. The summed E-state index contributed by atoms with van der Waals surface area (Å²) in [6, 6.07) is 0.457. The molecule has 2 atom stereocenters. The van der Waals surface area contributed by atoms with Crippen LogP contribution < -0.4 is 10.6 Å². The summed E-state index contributed by atoms with van der Waals surface area (Å²) < 4.78 is 5.48. The Labute approximate surface area is 117 Å². The van der Waals surface area contributed by atoms with Gasteiger partial charge in [-0.1, -0.05) is 26.7 Å². The van der Waals surface area contributed by atoms with E-state index in [0.29, 0.717) is 25.2 Å². The normalized spacial score (nSPS) is 19.6.